The van der Waals surface area contributed by atoms with Crippen LogP contribution < -0.4 is 11.1 Å². The van der Waals surface area contributed by atoms with Crippen LogP contribution in [0.2, 0.25) is 0 Å². The van der Waals surface area contributed by atoms with Crippen molar-refractivity contribution in [3.63, 3.8) is 0 Å². The van der Waals surface area contributed by atoms with Gasteiger partial charge in [-0.15, -0.1) is 12.6 Å². The molecule has 0 aliphatic heterocycles. The van der Waals surface area contributed by atoms with Crippen molar-refractivity contribution in [2.24, 2.45) is 0 Å². The molecule has 0 heterocycles. The topological polar surface area (TPSA) is 47.3 Å². The molecule has 0 amide bonds. The Morgan fingerprint density at radius 2 is 2.31 bits per heavy atom. The van der Waals surface area contributed by atoms with Gasteiger partial charge in [-0.05, 0) is 18.2 Å². The third kappa shape index (κ3) is 3.16. The number of ether oxygens (including phenoxy) is 1. The Bertz CT molecular complexity index is 278. The van der Waals surface area contributed by atoms with Crippen molar-refractivity contribution in [3.05, 3.63) is 18.2 Å². The number of hydrogen-bond donors (Lipinski definition) is 3. The molecule has 1 aromatic carbocycles. The molecular formula is C9H14N2OS. The van der Waals surface area contributed by atoms with Gasteiger partial charge >= 0.3 is 0 Å². The van der Waals surface area contributed by atoms with Crippen LogP contribution in [0.15, 0.2) is 23.1 Å². The first-order valence-corrected chi connectivity index (χ1v) is 4.50. The van der Waals surface area contributed by atoms with Crippen molar-refractivity contribution in [1.82, 2.24) is 0 Å². The Balaban J connectivity index is 2.56. The normalized spacial score (nSPS) is 10.0. The van der Waals surface area contributed by atoms with E-state index < -0.39 is 0 Å². The van der Waals surface area contributed by atoms with Gasteiger partial charge in [-0.2, -0.15) is 0 Å². The number of nitrogens with two attached hydrogens (primary N) is 1. The fourth-order valence-electron chi connectivity index (χ4n) is 0.999. The number of benzene rings is 1. The van der Waals surface area contributed by atoms with Gasteiger partial charge in [0, 0.05) is 18.6 Å². The van der Waals surface area contributed by atoms with E-state index in [1.165, 1.54) is 0 Å². The van der Waals surface area contributed by atoms with Gasteiger partial charge in [-0.25, -0.2) is 0 Å². The van der Waals surface area contributed by atoms with Gasteiger partial charge in [0.25, 0.3) is 0 Å². The minimum absolute atomic E-state index is 0.669. The Kier molecular flexibility index (Phi) is 3.92. The van der Waals surface area contributed by atoms with Gasteiger partial charge in [-0.3, -0.25) is 0 Å². The van der Waals surface area contributed by atoms with Gasteiger partial charge in [0.1, 0.15) is 0 Å². The van der Waals surface area contributed by atoms with Crippen molar-refractivity contribution in [3.8, 4) is 0 Å². The lowest BCUT2D eigenvalue weighted by Gasteiger charge is -2.08. The maximum absolute atomic E-state index is 5.75. The Labute approximate surface area is 83.7 Å². The van der Waals surface area contributed by atoms with E-state index in [0.717, 1.165) is 17.1 Å². The number of rotatable bonds is 4. The lowest BCUT2D eigenvalue weighted by Crippen LogP contribution is -2.08. The second-order valence-corrected chi connectivity index (χ2v) is 3.21. The average Bonchev–Trinajstić information content (AvgIpc) is 2.09. The van der Waals surface area contributed by atoms with Crippen LogP contribution >= 0.6 is 12.6 Å². The van der Waals surface area contributed by atoms with Gasteiger partial charge in [0.05, 0.1) is 18.0 Å². The molecule has 0 aromatic heterocycles. The fraction of sp³-hybridized carbons (Fsp3) is 0.333. The van der Waals surface area contributed by atoms with Crippen LogP contribution in [0.1, 0.15) is 0 Å². The maximum atomic E-state index is 5.75. The van der Waals surface area contributed by atoms with Crippen LogP contribution in [0.25, 0.3) is 0 Å². The summed E-state index contributed by atoms with van der Waals surface area (Å²) in [6.45, 7) is 1.43. The molecule has 3 N–H and O–H groups in total. The predicted octanol–water partition coefficient (Wildman–Crippen LogP) is 1.62. The standard InChI is InChI=1S/C9H14N2OS/c1-12-5-4-11-9-3-2-7(13)6-8(9)10/h2-3,6,11,13H,4-5,10H2,1H3. The van der Waals surface area contributed by atoms with Crippen LogP contribution in [0, 0.1) is 0 Å². The third-order valence-electron chi connectivity index (χ3n) is 1.66. The maximum Gasteiger partial charge on any atom is 0.0635 e. The van der Waals surface area contributed by atoms with Crippen LogP contribution in [-0.4, -0.2) is 20.3 Å². The van der Waals surface area contributed by atoms with E-state index in [1.807, 2.05) is 18.2 Å². The number of nitrogen functional groups attached to an aromatic ring is 1. The van der Waals surface area contributed by atoms with Crippen LogP contribution in [0.4, 0.5) is 11.4 Å². The average molecular weight is 198 g/mol. The summed E-state index contributed by atoms with van der Waals surface area (Å²) in [5, 5.41) is 3.16. The summed E-state index contributed by atoms with van der Waals surface area (Å²) in [5.41, 5.74) is 7.39. The van der Waals surface area contributed by atoms with Crippen molar-refractivity contribution >= 4 is 24.0 Å². The molecule has 72 valence electrons. The third-order valence-corrected chi connectivity index (χ3v) is 1.93. The van der Waals surface area contributed by atoms with Crippen LogP contribution in [0.3, 0.4) is 0 Å². The highest BCUT2D eigenvalue weighted by atomic mass is 32.1. The van der Waals surface area contributed by atoms with Crippen molar-refractivity contribution in [2.75, 3.05) is 31.3 Å². The molecule has 1 rings (SSSR count). The summed E-state index contributed by atoms with van der Waals surface area (Å²) in [4.78, 5) is 0.870. The molecule has 0 bridgehead atoms. The molecule has 3 nitrogen and oxygen atoms in total. The molecule has 0 atom stereocenters. The van der Waals surface area contributed by atoms with Crippen molar-refractivity contribution < 1.29 is 4.74 Å². The second kappa shape index (κ2) is 4.99. The second-order valence-electron chi connectivity index (χ2n) is 2.69. The zero-order valence-corrected chi connectivity index (χ0v) is 8.47. The minimum atomic E-state index is 0.669. The highest BCUT2D eigenvalue weighted by Gasteiger charge is 1.97. The van der Waals surface area contributed by atoms with Crippen LogP contribution in [-0.2, 0) is 4.74 Å². The molecule has 0 aliphatic carbocycles. The van der Waals surface area contributed by atoms with E-state index in [0.29, 0.717) is 12.3 Å². The Morgan fingerprint density at radius 1 is 1.54 bits per heavy atom. The highest BCUT2D eigenvalue weighted by molar-refractivity contribution is 7.80. The number of methoxy groups -OCH3 is 1. The summed E-state index contributed by atoms with van der Waals surface area (Å²) in [5.74, 6) is 0. The van der Waals surface area contributed by atoms with E-state index in [2.05, 4.69) is 17.9 Å². The predicted molar refractivity (Wildman–Crippen MR) is 58.5 cm³/mol. The van der Waals surface area contributed by atoms with Crippen LogP contribution in [0.5, 0.6) is 0 Å². The summed E-state index contributed by atoms with van der Waals surface area (Å²) in [6.07, 6.45) is 0. The number of hydrogen-bond acceptors (Lipinski definition) is 4. The first-order chi connectivity index (χ1) is 6.24. The zero-order chi connectivity index (χ0) is 9.68. The lowest BCUT2D eigenvalue weighted by molar-refractivity contribution is 0.211. The summed E-state index contributed by atoms with van der Waals surface area (Å²) >= 11 is 4.18. The first kappa shape index (κ1) is 10.2. The quantitative estimate of drug-likeness (QED) is 0.391. The zero-order valence-electron chi connectivity index (χ0n) is 7.58. The van der Waals surface area contributed by atoms with E-state index in [9.17, 15) is 0 Å². The largest absolute Gasteiger partial charge is 0.397 e. The number of anilines is 2. The summed E-state index contributed by atoms with van der Waals surface area (Å²) in [6, 6.07) is 5.63. The van der Waals surface area contributed by atoms with Gasteiger partial charge in [-0.1, -0.05) is 0 Å². The molecule has 0 spiro atoms. The lowest BCUT2D eigenvalue weighted by atomic mass is 10.2. The first-order valence-electron chi connectivity index (χ1n) is 4.05. The molecule has 0 radical (unpaired) electrons. The molecule has 13 heavy (non-hydrogen) atoms. The molecule has 0 unspecified atom stereocenters. The van der Waals surface area contributed by atoms with E-state index in [4.69, 9.17) is 10.5 Å². The molecule has 0 saturated heterocycles. The Morgan fingerprint density at radius 3 is 2.92 bits per heavy atom. The molecule has 0 saturated carbocycles. The SMILES string of the molecule is COCCNc1ccc(S)cc1N. The van der Waals surface area contributed by atoms with E-state index in [-0.39, 0.29) is 0 Å². The van der Waals surface area contributed by atoms with E-state index in [1.54, 1.807) is 7.11 Å². The monoisotopic (exact) mass is 198 g/mol. The smallest absolute Gasteiger partial charge is 0.0635 e. The summed E-state index contributed by atoms with van der Waals surface area (Å²) in [7, 11) is 1.67. The van der Waals surface area contributed by atoms with Gasteiger partial charge < -0.3 is 15.8 Å². The van der Waals surface area contributed by atoms with Crippen molar-refractivity contribution in [1.29, 1.82) is 0 Å². The molecule has 0 aliphatic rings. The number of thiol groups is 1. The Hall–Kier alpha value is -0.870. The molecule has 0 fully saturated rings. The minimum Gasteiger partial charge on any atom is -0.397 e. The molecule has 1 aromatic rings. The molecule has 4 heteroatoms. The number of nitrogens with one attached hydrogen (secondary N) is 1. The summed E-state index contributed by atoms with van der Waals surface area (Å²) < 4.78 is 4.91. The van der Waals surface area contributed by atoms with E-state index >= 15 is 0 Å². The fourth-order valence-corrected chi connectivity index (χ4v) is 1.21. The van der Waals surface area contributed by atoms with Gasteiger partial charge in [0.15, 0.2) is 0 Å². The molecular weight excluding hydrogens is 184 g/mol. The highest BCUT2D eigenvalue weighted by Crippen LogP contribution is 2.21. The van der Waals surface area contributed by atoms with Gasteiger partial charge in [0.2, 0.25) is 0 Å². The van der Waals surface area contributed by atoms with Crippen molar-refractivity contribution in [2.45, 2.75) is 4.90 Å².